The van der Waals surface area contributed by atoms with Crippen LogP contribution in [0.2, 0.25) is 0 Å². The van der Waals surface area contributed by atoms with Crippen LogP contribution in [0.3, 0.4) is 0 Å². The third-order valence-electron chi connectivity index (χ3n) is 11.1. The molecule has 3 aromatic rings. The summed E-state index contributed by atoms with van der Waals surface area (Å²) in [6.45, 7) is 4.54. The van der Waals surface area contributed by atoms with Gasteiger partial charge >= 0.3 is 12.2 Å². The lowest BCUT2D eigenvalue weighted by atomic mass is 9.64. The van der Waals surface area contributed by atoms with Crippen molar-refractivity contribution in [3.63, 3.8) is 0 Å². The van der Waals surface area contributed by atoms with Crippen LogP contribution < -0.4 is 10.6 Å². The molecule has 4 amide bonds. The zero-order chi connectivity index (χ0) is 35.1. The number of hydrogen-bond acceptors (Lipinski definition) is 8. The number of imidazole rings is 2. The molecule has 8 rings (SSSR count). The molecule has 0 spiro atoms. The zero-order valence-corrected chi connectivity index (χ0v) is 29.1. The summed E-state index contributed by atoms with van der Waals surface area (Å²) < 4.78 is 9.37. The number of nitrogens with one attached hydrogen (secondary N) is 4. The molecule has 4 atom stereocenters. The molecule has 5 aliphatic rings. The van der Waals surface area contributed by atoms with Crippen molar-refractivity contribution in [3.05, 3.63) is 47.3 Å². The quantitative estimate of drug-likeness (QED) is 0.255. The number of likely N-dealkylation sites (tertiary alicyclic amines) is 2. The van der Waals surface area contributed by atoms with Crippen LogP contribution in [0.15, 0.2) is 24.5 Å². The van der Waals surface area contributed by atoms with Gasteiger partial charge in [0.15, 0.2) is 0 Å². The molecule has 14 nitrogen and oxygen atoms in total. The molecule has 1 aromatic carbocycles. The monoisotopic (exact) mass is 686 g/mol. The summed E-state index contributed by atoms with van der Waals surface area (Å²) in [6.07, 6.45) is 10.4. The zero-order valence-electron chi connectivity index (χ0n) is 29.1. The number of carbonyl (C=O) groups excluding carboxylic acids is 4. The van der Waals surface area contributed by atoms with Gasteiger partial charge in [-0.05, 0) is 88.2 Å². The minimum absolute atomic E-state index is 0.161. The van der Waals surface area contributed by atoms with Gasteiger partial charge in [-0.2, -0.15) is 0 Å². The summed E-state index contributed by atoms with van der Waals surface area (Å²) in [5.74, 6) is 2.07. The predicted octanol–water partition coefficient (Wildman–Crippen LogP) is 5.04. The number of amides is 4. The van der Waals surface area contributed by atoms with Crippen molar-refractivity contribution in [2.24, 2.45) is 0 Å². The third kappa shape index (κ3) is 6.09. The number of ether oxygens (including phenoxy) is 2. The number of fused-ring (bicyclic) bond motifs is 2. The van der Waals surface area contributed by atoms with E-state index in [-0.39, 0.29) is 23.9 Å². The summed E-state index contributed by atoms with van der Waals surface area (Å²) in [4.78, 5) is 70.4. The molecule has 0 radical (unpaired) electrons. The molecule has 266 valence electrons. The van der Waals surface area contributed by atoms with E-state index >= 15 is 0 Å². The van der Waals surface area contributed by atoms with Crippen LogP contribution in [0.4, 0.5) is 9.59 Å². The van der Waals surface area contributed by atoms with Crippen LogP contribution >= 0.6 is 0 Å². The SMILES string of the molecule is COC(=O)N[C@H](C)C(=O)N1CCCC1c1ncc(-c2ccc(-c3cnc([C@@H]4CCCN4C(=O)[C@@H](C)NC(=O)OC)[nH]3)c3c2C2CCC3CC2)[nH]1. The Hall–Kier alpha value is -4.88. The maximum Gasteiger partial charge on any atom is 0.407 e. The smallest absolute Gasteiger partial charge is 0.407 e. The number of nitrogens with zero attached hydrogens (tertiary/aromatic N) is 4. The summed E-state index contributed by atoms with van der Waals surface area (Å²) in [6, 6.07) is 2.54. The third-order valence-corrected chi connectivity index (χ3v) is 11.1. The Balaban J connectivity index is 1.16. The maximum absolute atomic E-state index is 13.3. The van der Waals surface area contributed by atoms with Crippen molar-refractivity contribution in [1.82, 2.24) is 40.4 Å². The first-order valence-electron chi connectivity index (χ1n) is 17.8. The van der Waals surface area contributed by atoms with E-state index in [1.807, 2.05) is 12.4 Å². The molecule has 1 saturated carbocycles. The van der Waals surface area contributed by atoms with Crippen molar-refractivity contribution in [1.29, 1.82) is 0 Å². The number of rotatable bonds is 8. The molecule has 1 unspecified atom stereocenters. The normalized spacial score (nSPS) is 23.7. The topological polar surface area (TPSA) is 175 Å². The fraction of sp³-hybridized carbons (Fsp3) is 0.556. The highest BCUT2D eigenvalue weighted by Gasteiger charge is 2.39. The van der Waals surface area contributed by atoms with Crippen molar-refractivity contribution in [2.75, 3.05) is 27.3 Å². The van der Waals surface area contributed by atoms with E-state index in [2.05, 4.69) is 42.2 Å². The Labute approximate surface area is 291 Å². The standard InChI is InChI=1S/C36H46N8O6/c1-19(39-35(47)49-3)33(45)43-15-5-7-27(43)31-37-17-25(41-31)23-13-14-24(30-22-11-9-21(10-12-22)29(23)30)26-18-38-32(42-26)28-8-6-16-44(28)34(46)20(2)40-36(48)50-4/h13-14,17-22,27-28H,5-12,15-16H2,1-4H3,(H,37,41)(H,38,42)(H,39,47)(H,40,48)/t19-,20-,21?,22?,27+,28?/m1/s1. The van der Waals surface area contributed by atoms with Crippen LogP contribution in [-0.2, 0) is 19.1 Å². The fourth-order valence-electron chi connectivity index (χ4n) is 8.66. The molecule has 2 aromatic heterocycles. The minimum Gasteiger partial charge on any atom is -0.453 e. The average molecular weight is 687 g/mol. The van der Waals surface area contributed by atoms with Gasteiger partial charge in [-0.1, -0.05) is 12.1 Å². The van der Waals surface area contributed by atoms with Crippen LogP contribution in [0.1, 0.15) is 112 Å². The van der Waals surface area contributed by atoms with Gasteiger partial charge in [-0.25, -0.2) is 19.6 Å². The van der Waals surface area contributed by atoms with Gasteiger partial charge in [-0.15, -0.1) is 0 Å². The van der Waals surface area contributed by atoms with E-state index in [9.17, 15) is 19.2 Å². The Morgan fingerprint density at radius 1 is 0.700 bits per heavy atom. The predicted molar refractivity (Wildman–Crippen MR) is 183 cm³/mol. The molecule has 4 N–H and O–H groups in total. The molecular formula is C36H46N8O6. The van der Waals surface area contributed by atoms with E-state index in [1.165, 1.54) is 25.3 Å². The minimum atomic E-state index is -0.708. The molecule has 14 heteroatoms. The van der Waals surface area contributed by atoms with Gasteiger partial charge in [0.05, 0.1) is 50.1 Å². The summed E-state index contributed by atoms with van der Waals surface area (Å²) in [7, 11) is 2.56. The van der Waals surface area contributed by atoms with Crippen molar-refractivity contribution < 1.29 is 28.7 Å². The lowest BCUT2D eigenvalue weighted by molar-refractivity contribution is -0.134. The van der Waals surface area contributed by atoms with E-state index in [4.69, 9.17) is 9.97 Å². The highest BCUT2D eigenvalue weighted by atomic mass is 16.5. The van der Waals surface area contributed by atoms with E-state index < -0.39 is 24.3 Å². The molecule has 2 saturated heterocycles. The lowest BCUT2D eigenvalue weighted by Crippen LogP contribution is -2.46. The summed E-state index contributed by atoms with van der Waals surface area (Å²) in [5, 5.41) is 5.18. The highest BCUT2D eigenvalue weighted by Crippen LogP contribution is 2.55. The second kappa shape index (κ2) is 13.8. The largest absolute Gasteiger partial charge is 0.453 e. The first kappa shape index (κ1) is 33.6. The molecular weight excluding hydrogens is 640 g/mol. The Bertz CT molecular complexity index is 1650. The second-order valence-electron chi connectivity index (χ2n) is 14.0. The first-order valence-corrected chi connectivity index (χ1v) is 17.8. The molecule has 4 heterocycles. The summed E-state index contributed by atoms with van der Waals surface area (Å²) >= 11 is 0. The Kier molecular flexibility index (Phi) is 9.27. The fourth-order valence-corrected chi connectivity index (χ4v) is 8.66. The van der Waals surface area contributed by atoms with Gasteiger partial charge in [0.1, 0.15) is 23.7 Å². The van der Waals surface area contributed by atoms with E-state index in [0.717, 1.165) is 85.5 Å². The molecule has 3 fully saturated rings. The number of carbonyl (C=O) groups is 4. The van der Waals surface area contributed by atoms with Crippen molar-refractivity contribution in [3.8, 4) is 22.5 Å². The number of aromatic nitrogens is 4. The number of aromatic amines is 2. The van der Waals surface area contributed by atoms with Crippen molar-refractivity contribution in [2.45, 2.75) is 101 Å². The summed E-state index contributed by atoms with van der Waals surface area (Å²) in [5.41, 5.74) is 6.91. The average Bonchev–Trinajstić information content (AvgIpc) is 3.97. The van der Waals surface area contributed by atoms with Crippen LogP contribution in [0, 0.1) is 0 Å². The van der Waals surface area contributed by atoms with E-state index in [0.29, 0.717) is 24.9 Å². The first-order chi connectivity index (χ1) is 24.2. The van der Waals surface area contributed by atoms with E-state index in [1.54, 1.807) is 23.6 Å². The Morgan fingerprint density at radius 2 is 1.10 bits per heavy atom. The van der Waals surface area contributed by atoms with Gasteiger partial charge in [0.2, 0.25) is 11.8 Å². The van der Waals surface area contributed by atoms with Gasteiger partial charge < -0.3 is 39.9 Å². The van der Waals surface area contributed by atoms with Crippen LogP contribution in [-0.4, -0.2) is 93.1 Å². The van der Waals surface area contributed by atoms with Gasteiger partial charge in [0, 0.05) is 24.2 Å². The highest BCUT2D eigenvalue weighted by molar-refractivity contribution is 5.86. The number of alkyl carbamates (subject to hydrolysis) is 2. The van der Waals surface area contributed by atoms with Crippen molar-refractivity contribution >= 4 is 24.0 Å². The molecule has 3 aliphatic carbocycles. The second-order valence-corrected chi connectivity index (χ2v) is 14.0. The maximum atomic E-state index is 13.3. The molecule has 2 bridgehead atoms. The van der Waals surface area contributed by atoms with Gasteiger partial charge in [-0.3, -0.25) is 9.59 Å². The van der Waals surface area contributed by atoms with Crippen LogP contribution in [0.25, 0.3) is 22.5 Å². The molecule has 50 heavy (non-hydrogen) atoms. The number of methoxy groups -OCH3 is 2. The number of benzene rings is 1. The number of hydrogen-bond donors (Lipinski definition) is 4. The molecule has 2 aliphatic heterocycles. The van der Waals surface area contributed by atoms with Crippen LogP contribution in [0.5, 0.6) is 0 Å². The Morgan fingerprint density at radius 3 is 1.48 bits per heavy atom. The van der Waals surface area contributed by atoms with Gasteiger partial charge in [0.25, 0.3) is 0 Å². The number of H-pyrrole nitrogens is 2. The lowest BCUT2D eigenvalue weighted by Gasteiger charge is -2.40.